The van der Waals surface area contributed by atoms with Gasteiger partial charge in [0.15, 0.2) is 0 Å². The van der Waals surface area contributed by atoms with Crippen LogP contribution in [-0.2, 0) is 0 Å². The number of halogens is 3. The normalized spacial score (nSPS) is 14.4. The van der Waals surface area contributed by atoms with Crippen molar-refractivity contribution in [2.45, 2.75) is 25.6 Å². The molecule has 1 atom stereocenters. The molecule has 3 nitrogen and oxygen atoms in total. The highest BCUT2D eigenvalue weighted by Crippen LogP contribution is 2.21. The Morgan fingerprint density at radius 2 is 2.10 bits per heavy atom. The van der Waals surface area contributed by atoms with E-state index in [0.29, 0.717) is 0 Å². The van der Waals surface area contributed by atoms with Crippen LogP contribution in [-0.4, -0.2) is 12.2 Å². The van der Waals surface area contributed by atoms with E-state index in [-0.39, 0.29) is 6.42 Å². The number of alkyl halides is 3. The Morgan fingerprint density at radius 1 is 1.60 bits per heavy atom. The fourth-order valence-corrected chi connectivity index (χ4v) is 0.460. The number of rotatable bonds is 3. The smallest absolute Gasteiger partial charge is 0.262 e. The maximum Gasteiger partial charge on any atom is 0.410 e. The summed E-state index contributed by atoms with van der Waals surface area (Å²) in [5.41, 5.74) is 1.42. The molecule has 1 N–H and O–H groups in total. The number of hydrogen-bond acceptors (Lipinski definition) is 2. The van der Waals surface area contributed by atoms with Gasteiger partial charge in [-0.05, 0) is 6.42 Å². The van der Waals surface area contributed by atoms with Crippen LogP contribution in [0.15, 0.2) is 5.29 Å². The van der Waals surface area contributed by atoms with Crippen molar-refractivity contribution >= 4 is 0 Å². The summed E-state index contributed by atoms with van der Waals surface area (Å²) in [4.78, 5) is 9.36. The molecule has 0 heterocycles. The average Bonchev–Trinajstić information content (AvgIpc) is 1.80. The predicted octanol–water partition coefficient (Wildman–Crippen LogP) is 1.60. The molecule has 0 aromatic rings. The van der Waals surface area contributed by atoms with Gasteiger partial charge in [-0.25, -0.2) is 0 Å². The summed E-state index contributed by atoms with van der Waals surface area (Å²) < 4.78 is 34.9. The Kier molecular flexibility index (Phi) is 3.11. The van der Waals surface area contributed by atoms with Gasteiger partial charge in [0.25, 0.3) is 0 Å². The molecule has 60 valence electrons. The van der Waals surface area contributed by atoms with Crippen LogP contribution < -0.4 is 5.43 Å². The van der Waals surface area contributed by atoms with E-state index < -0.39 is 12.2 Å². The number of nitroso groups, excluding NO2 is 1. The van der Waals surface area contributed by atoms with Crippen LogP contribution in [0.3, 0.4) is 0 Å². The zero-order valence-corrected chi connectivity index (χ0v) is 5.27. The predicted molar refractivity (Wildman–Crippen MR) is 29.1 cm³/mol. The summed E-state index contributed by atoms with van der Waals surface area (Å²) in [5, 5.41) is 1.95. The third-order valence-electron chi connectivity index (χ3n) is 1.01. The van der Waals surface area contributed by atoms with Crippen molar-refractivity contribution in [2.75, 3.05) is 0 Å². The number of hydrogen-bond donors (Lipinski definition) is 1. The molecule has 0 spiro atoms. The molecule has 0 aromatic carbocycles. The van der Waals surface area contributed by atoms with Crippen LogP contribution in [0, 0.1) is 4.91 Å². The molecule has 0 bridgehead atoms. The lowest BCUT2D eigenvalue weighted by Crippen LogP contribution is -2.38. The van der Waals surface area contributed by atoms with E-state index in [4.69, 9.17) is 0 Å². The third-order valence-corrected chi connectivity index (χ3v) is 1.01. The molecule has 0 radical (unpaired) electrons. The minimum atomic E-state index is -4.39. The van der Waals surface area contributed by atoms with Crippen molar-refractivity contribution in [1.29, 1.82) is 0 Å². The van der Waals surface area contributed by atoms with Gasteiger partial charge in [0, 0.05) is 0 Å². The van der Waals surface area contributed by atoms with Crippen molar-refractivity contribution < 1.29 is 13.2 Å². The van der Waals surface area contributed by atoms with Gasteiger partial charge < -0.3 is 0 Å². The van der Waals surface area contributed by atoms with Gasteiger partial charge in [-0.3, -0.25) is 5.43 Å². The van der Waals surface area contributed by atoms with Crippen LogP contribution in [0.4, 0.5) is 13.2 Å². The lowest BCUT2D eigenvalue weighted by molar-refractivity contribution is -0.156. The first-order valence-corrected chi connectivity index (χ1v) is 2.67. The van der Waals surface area contributed by atoms with Crippen molar-refractivity contribution in [3.8, 4) is 0 Å². The van der Waals surface area contributed by atoms with Crippen molar-refractivity contribution in [1.82, 2.24) is 5.43 Å². The first kappa shape index (κ1) is 9.19. The van der Waals surface area contributed by atoms with Gasteiger partial charge in [-0.15, -0.1) is 4.91 Å². The Bertz CT molecular complexity index is 114. The molecule has 0 aliphatic rings. The molecular weight excluding hydrogens is 149 g/mol. The van der Waals surface area contributed by atoms with E-state index in [9.17, 15) is 18.1 Å². The van der Waals surface area contributed by atoms with Crippen LogP contribution in [0.5, 0.6) is 0 Å². The van der Waals surface area contributed by atoms with E-state index in [1.165, 1.54) is 12.3 Å². The molecule has 0 saturated carbocycles. The maximum atomic E-state index is 11.6. The highest BCUT2D eigenvalue weighted by atomic mass is 19.4. The lowest BCUT2D eigenvalue weighted by Gasteiger charge is -2.15. The Balaban J connectivity index is 3.92. The second-order valence-electron chi connectivity index (χ2n) is 1.72. The zero-order chi connectivity index (χ0) is 8.20. The van der Waals surface area contributed by atoms with E-state index in [2.05, 4.69) is 0 Å². The second kappa shape index (κ2) is 3.38. The fourth-order valence-electron chi connectivity index (χ4n) is 0.460. The van der Waals surface area contributed by atoms with Crippen molar-refractivity contribution in [3.63, 3.8) is 0 Å². The number of nitrogens with one attached hydrogen (secondary N) is 1. The Hall–Kier alpha value is -0.810. The Morgan fingerprint density at radius 3 is 2.20 bits per heavy atom. The van der Waals surface area contributed by atoms with E-state index in [0.717, 1.165) is 0 Å². The van der Waals surface area contributed by atoms with Gasteiger partial charge in [-0.1, -0.05) is 6.92 Å². The minimum Gasteiger partial charge on any atom is -0.262 e. The summed E-state index contributed by atoms with van der Waals surface area (Å²) in [5.74, 6) is 0. The quantitative estimate of drug-likeness (QED) is 0.498. The van der Waals surface area contributed by atoms with Crippen LogP contribution in [0.2, 0.25) is 0 Å². The molecule has 10 heavy (non-hydrogen) atoms. The molecule has 0 rings (SSSR count). The SMILES string of the molecule is CCC(NN=O)C(F)(F)F. The monoisotopic (exact) mass is 156 g/mol. The first-order valence-electron chi connectivity index (χ1n) is 2.67. The summed E-state index contributed by atoms with van der Waals surface area (Å²) in [6, 6.07) is -1.81. The van der Waals surface area contributed by atoms with Crippen LogP contribution >= 0.6 is 0 Å². The van der Waals surface area contributed by atoms with Crippen LogP contribution in [0.25, 0.3) is 0 Å². The standard InChI is InChI=1S/C4H7F3N2O/c1-2-3(8-9-10)4(5,6)7/h3H,2H2,1H3,(H,8,10). The topological polar surface area (TPSA) is 41.5 Å². The molecular formula is C4H7F3N2O. The highest BCUT2D eigenvalue weighted by molar-refractivity contribution is 4.70. The van der Waals surface area contributed by atoms with Gasteiger partial charge in [0.1, 0.15) is 6.04 Å². The van der Waals surface area contributed by atoms with Gasteiger partial charge in [0.05, 0.1) is 5.29 Å². The Labute approximate surface area is 55.5 Å². The lowest BCUT2D eigenvalue weighted by atomic mass is 10.2. The zero-order valence-electron chi connectivity index (χ0n) is 5.27. The summed E-state index contributed by atoms with van der Waals surface area (Å²) >= 11 is 0. The molecule has 0 aliphatic heterocycles. The molecule has 0 aromatic heterocycles. The molecule has 0 amide bonds. The molecule has 1 unspecified atom stereocenters. The maximum absolute atomic E-state index is 11.6. The fraction of sp³-hybridized carbons (Fsp3) is 1.00. The van der Waals surface area contributed by atoms with E-state index in [1.54, 1.807) is 0 Å². The number of nitrogens with zero attached hydrogens (tertiary/aromatic N) is 1. The van der Waals surface area contributed by atoms with Crippen LogP contribution in [0.1, 0.15) is 13.3 Å². The minimum absolute atomic E-state index is 0.199. The highest BCUT2D eigenvalue weighted by Gasteiger charge is 2.38. The molecule has 0 saturated heterocycles. The van der Waals surface area contributed by atoms with Crippen molar-refractivity contribution in [3.05, 3.63) is 4.91 Å². The summed E-state index contributed by atoms with van der Waals surface area (Å²) in [7, 11) is 0. The second-order valence-corrected chi connectivity index (χ2v) is 1.72. The largest absolute Gasteiger partial charge is 0.410 e. The summed E-state index contributed by atoms with van der Waals surface area (Å²) in [6.07, 6.45) is -4.59. The first-order chi connectivity index (χ1) is 4.52. The van der Waals surface area contributed by atoms with E-state index >= 15 is 0 Å². The average molecular weight is 156 g/mol. The third kappa shape index (κ3) is 2.65. The van der Waals surface area contributed by atoms with Crippen molar-refractivity contribution in [2.24, 2.45) is 5.29 Å². The van der Waals surface area contributed by atoms with Gasteiger partial charge in [0.2, 0.25) is 0 Å². The summed E-state index contributed by atoms with van der Waals surface area (Å²) in [6.45, 7) is 1.32. The van der Waals surface area contributed by atoms with E-state index in [1.807, 2.05) is 5.29 Å². The van der Waals surface area contributed by atoms with Gasteiger partial charge >= 0.3 is 6.18 Å². The molecule has 0 aliphatic carbocycles. The van der Waals surface area contributed by atoms with Gasteiger partial charge in [-0.2, -0.15) is 13.2 Å². The molecule has 6 heteroatoms. The molecule has 0 fully saturated rings.